The second kappa shape index (κ2) is 4.21. The molecular weight excluding hydrogens is 234 g/mol. The summed E-state index contributed by atoms with van der Waals surface area (Å²) >= 11 is 0. The maximum atomic E-state index is 11.2. The van der Waals surface area contributed by atoms with Crippen LogP contribution in [0.3, 0.4) is 0 Å². The van der Waals surface area contributed by atoms with E-state index in [2.05, 4.69) is 15.3 Å². The minimum Gasteiger partial charge on any atom is -0.465 e. The first kappa shape index (κ1) is 12.2. The molecule has 1 heterocycles. The van der Waals surface area contributed by atoms with E-state index in [1.165, 1.54) is 0 Å². The van der Waals surface area contributed by atoms with Gasteiger partial charge in [-0.2, -0.15) is 0 Å². The Hall–Kier alpha value is -2.24. The first-order chi connectivity index (χ1) is 8.38. The minimum absolute atomic E-state index is 0.247. The summed E-state index contributed by atoms with van der Waals surface area (Å²) in [5.41, 5.74) is 1.83. The van der Waals surface area contributed by atoms with E-state index in [1.807, 2.05) is 32.0 Å². The Morgan fingerprint density at radius 2 is 2.00 bits per heavy atom. The number of benzene rings is 1. The first-order valence-electron chi connectivity index (χ1n) is 5.58. The first-order valence-corrected chi connectivity index (χ1v) is 5.58. The lowest BCUT2D eigenvalue weighted by molar-refractivity contribution is 0.192. The maximum absolute atomic E-state index is 11.2. The fourth-order valence-electron chi connectivity index (χ4n) is 1.85. The molecule has 0 saturated heterocycles. The molecule has 0 atom stereocenters. The fourth-order valence-corrected chi connectivity index (χ4v) is 1.85. The molecule has 6 nitrogen and oxygen atoms in total. The highest BCUT2D eigenvalue weighted by atomic mass is 16.4. The van der Waals surface area contributed by atoms with Crippen molar-refractivity contribution in [1.82, 2.24) is 15.3 Å². The molecule has 0 unspecified atom stereocenters. The molecule has 1 aromatic heterocycles. The fraction of sp³-hybridized carbons (Fsp3) is 0.333. The quantitative estimate of drug-likeness (QED) is 0.661. The lowest BCUT2D eigenvalue weighted by atomic mass is 9.84. The van der Waals surface area contributed by atoms with Crippen LogP contribution in [0.5, 0.6) is 0 Å². The monoisotopic (exact) mass is 249 g/mol. The van der Waals surface area contributed by atoms with Gasteiger partial charge >= 0.3 is 11.8 Å². The van der Waals surface area contributed by atoms with Crippen molar-refractivity contribution < 1.29 is 9.90 Å². The van der Waals surface area contributed by atoms with E-state index in [1.54, 1.807) is 0 Å². The summed E-state index contributed by atoms with van der Waals surface area (Å²) in [6, 6.07) is 5.55. The Kier molecular flexibility index (Phi) is 2.86. The van der Waals surface area contributed by atoms with Gasteiger partial charge in [0.25, 0.3) is 0 Å². The Labute approximate surface area is 103 Å². The van der Waals surface area contributed by atoms with Crippen LogP contribution in [0.2, 0.25) is 0 Å². The third-order valence-electron chi connectivity index (χ3n) is 2.98. The number of carboxylic acid groups (broad SMARTS) is 1. The molecule has 96 valence electrons. The number of amides is 1. The van der Waals surface area contributed by atoms with Crippen molar-refractivity contribution in [2.45, 2.75) is 19.3 Å². The Morgan fingerprint density at radius 3 is 2.67 bits per heavy atom. The van der Waals surface area contributed by atoms with Crippen LogP contribution in [0.15, 0.2) is 23.0 Å². The summed E-state index contributed by atoms with van der Waals surface area (Å²) in [6.45, 7) is 4.19. The van der Waals surface area contributed by atoms with Crippen molar-refractivity contribution in [3.63, 3.8) is 0 Å². The van der Waals surface area contributed by atoms with E-state index in [4.69, 9.17) is 5.11 Å². The molecule has 6 heteroatoms. The van der Waals surface area contributed by atoms with Gasteiger partial charge in [0.2, 0.25) is 0 Å². The molecule has 0 radical (unpaired) electrons. The zero-order valence-electron chi connectivity index (χ0n) is 10.2. The van der Waals surface area contributed by atoms with Gasteiger partial charge in [0.15, 0.2) is 0 Å². The third kappa shape index (κ3) is 2.37. The largest absolute Gasteiger partial charge is 0.465 e. The summed E-state index contributed by atoms with van der Waals surface area (Å²) in [5, 5.41) is 11.0. The molecule has 1 amide bonds. The lowest BCUT2D eigenvalue weighted by Crippen LogP contribution is -2.35. The summed E-state index contributed by atoms with van der Waals surface area (Å²) in [4.78, 5) is 27.0. The molecule has 0 bridgehead atoms. The van der Waals surface area contributed by atoms with Crippen LogP contribution in [0.4, 0.5) is 4.79 Å². The number of aromatic amines is 2. The Balaban J connectivity index is 2.34. The van der Waals surface area contributed by atoms with Crippen molar-refractivity contribution >= 4 is 17.1 Å². The number of imidazole rings is 1. The molecule has 0 spiro atoms. The number of carbonyl (C=O) groups is 1. The van der Waals surface area contributed by atoms with Crippen LogP contribution in [-0.2, 0) is 5.41 Å². The van der Waals surface area contributed by atoms with Crippen LogP contribution < -0.4 is 11.0 Å². The number of hydrogen-bond acceptors (Lipinski definition) is 2. The summed E-state index contributed by atoms with van der Waals surface area (Å²) in [5.74, 6) is 0. The van der Waals surface area contributed by atoms with Gasteiger partial charge in [-0.1, -0.05) is 19.9 Å². The van der Waals surface area contributed by atoms with Gasteiger partial charge in [0.1, 0.15) is 0 Å². The number of nitrogens with one attached hydrogen (secondary N) is 3. The van der Waals surface area contributed by atoms with Gasteiger partial charge in [-0.3, -0.25) is 0 Å². The molecule has 2 rings (SSSR count). The van der Waals surface area contributed by atoms with Crippen molar-refractivity contribution in [2.24, 2.45) is 0 Å². The van der Waals surface area contributed by atoms with Gasteiger partial charge in [-0.25, -0.2) is 9.59 Å². The van der Waals surface area contributed by atoms with Gasteiger partial charge in [-0.05, 0) is 17.7 Å². The Bertz CT molecular complexity index is 639. The van der Waals surface area contributed by atoms with Crippen molar-refractivity contribution in [1.29, 1.82) is 0 Å². The number of fused-ring (bicyclic) bond motifs is 1. The van der Waals surface area contributed by atoms with Crippen LogP contribution in [0.1, 0.15) is 19.4 Å². The molecule has 0 aliphatic heterocycles. The number of hydrogen-bond donors (Lipinski definition) is 4. The molecule has 0 saturated carbocycles. The van der Waals surface area contributed by atoms with Crippen LogP contribution in [0.25, 0.3) is 11.0 Å². The highest BCUT2D eigenvalue weighted by Crippen LogP contribution is 2.24. The SMILES string of the molecule is CC(C)(CNC(=O)O)c1ccc2[nH]c(=O)[nH]c2c1. The van der Waals surface area contributed by atoms with Gasteiger partial charge in [0.05, 0.1) is 11.0 Å². The van der Waals surface area contributed by atoms with Gasteiger partial charge < -0.3 is 20.4 Å². The Morgan fingerprint density at radius 1 is 1.33 bits per heavy atom. The zero-order valence-corrected chi connectivity index (χ0v) is 10.2. The minimum atomic E-state index is -1.04. The molecule has 0 fully saturated rings. The zero-order chi connectivity index (χ0) is 13.3. The lowest BCUT2D eigenvalue weighted by Gasteiger charge is -2.24. The normalized spacial score (nSPS) is 11.7. The van der Waals surface area contributed by atoms with E-state index in [0.717, 1.165) is 16.6 Å². The highest BCUT2D eigenvalue weighted by Gasteiger charge is 2.21. The standard InChI is InChI=1S/C12H15N3O3/c1-12(2,6-13-11(17)18)7-3-4-8-9(5-7)15-10(16)14-8/h3-5,13H,6H2,1-2H3,(H,17,18)(H2,14,15,16). The van der Waals surface area contributed by atoms with E-state index in [-0.39, 0.29) is 11.1 Å². The summed E-state index contributed by atoms with van der Waals surface area (Å²) in [7, 11) is 0. The van der Waals surface area contributed by atoms with Crippen LogP contribution in [0, 0.1) is 0 Å². The second-order valence-electron chi connectivity index (χ2n) is 4.88. The predicted octanol–water partition coefficient (Wildman–Crippen LogP) is 1.40. The van der Waals surface area contributed by atoms with E-state index >= 15 is 0 Å². The van der Waals surface area contributed by atoms with E-state index < -0.39 is 6.09 Å². The molecule has 18 heavy (non-hydrogen) atoms. The smallest absolute Gasteiger partial charge is 0.404 e. The molecule has 4 N–H and O–H groups in total. The molecule has 2 aromatic rings. The third-order valence-corrected chi connectivity index (χ3v) is 2.98. The maximum Gasteiger partial charge on any atom is 0.404 e. The van der Waals surface area contributed by atoms with E-state index in [0.29, 0.717) is 6.54 Å². The van der Waals surface area contributed by atoms with Crippen molar-refractivity contribution in [3.05, 3.63) is 34.2 Å². The van der Waals surface area contributed by atoms with Crippen LogP contribution in [-0.4, -0.2) is 27.7 Å². The van der Waals surface area contributed by atoms with Crippen LogP contribution >= 0.6 is 0 Å². The number of aromatic nitrogens is 2. The summed E-state index contributed by atoms with van der Waals surface area (Å²) in [6.07, 6.45) is -1.04. The second-order valence-corrected chi connectivity index (χ2v) is 4.88. The molecule has 0 aliphatic carbocycles. The van der Waals surface area contributed by atoms with Crippen molar-refractivity contribution in [3.8, 4) is 0 Å². The van der Waals surface area contributed by atoms with E-state index in [9.17, 15) is 9.59 Å². The number of H-pyrrole nitrogens is 2. The van der Waals surface area contributed by atoms with Gasteiger partial charge in [-0.15, -0.1) is 0 Å². The topological polar surface area (TPSA) is 98.0 Å². The molecule has 1 aromatic carbocycles. The average molecular weight is 249 g/mol. The van der Waals surface area contributed by atoms with Crippen molar-refractivity contribution in [2.75, 3.05) is 6.54 Å². The molecular formula is C12H15N3O3. The summed E-state index contributed by atoms with van der Waals surface area (Å²) < 4.78 is 0. The van der Waals surface area contributed by atoms with Gasteiger partial charge in [0, 0.05) is 12.0 Å². The predicted molar refractivity (Wildman–Crippen MR) is 68.0 cm³/mol. The highest BCUT2D eigenvalue weighted by molar-refractivity contribution is 5.75. The number of rotatable bonds is 3. The molecule has 0 aliphatic rings. The average Bonchev–Trinajstić information content (AvgIpc) is 2.65.